The van der Waals surface area contributed by atoms with Crippen LogP contribution in [0.25, 0.3) is 0 Å². The lowest BCUT2D eigenvalue weighted by Crippen LogP contribution is -2.44. The number of carboxylic acids is 1. The summed E-state index contributed by atoms with van der Waals surface area (Å²) >= 11 is 0. The number of carbonyl (C=O) groups is 1. The minimum Gasteiger partial charge on any atom is -0.481 e. The van der Waals surface area contributed by atoms with Gasteiger partial charge in [-0.3, -0.25) is 9.69 Å². The third-order valence-corrected chi connectivity index (χ3v) is 4.27. The molecule has 0 amide bonds. The molecule has 1 aromatic rings. The molecule has 1 heterocycles. The zero-order valence-corrected chi connectivity index (χ0v) is 12.1. The van der Waals surface area contributed by atoms with Crippen molar-refractivity contribution in [2.45, 2.75) is 45.6 Å². The van der Waals surface area contributed by atoms with E-state index in [0.29, 0.717) is 0 Å². The Morgan fingerprint density at radius 1 is 1.32 bits per heavy atom. The Labute approximate surface area is 115 Å². The first-order chi connectivity index (χ1) is 8.93. The van der Waals surface area contributed by atoms with E-state index in [2.05, 4.69) is 43.9 Å². The summed E-state index contributed by atoms with van der Waals surface area (Å²) in [6.45, 7) is 8.21. The Kier molecular flexibility index (Phi) is 3.95. The van der Waals surface area contributed by atoms with Crippen LogP contribution in [0.1, 0.15) is 42.9 Å². The molecule has 1 aliphatic heterocycles. The van der Waals surface area contributed by atoms with Crippen molar-refractivity contribution in [3.63, 3.8) is 0 Å². The van der Waals surface area contributed by atoms with E-state index in [-0.39, 0.29) is 6.42 Å². The number of rotatable bonds is 4. The molecule has 1 unspecified atom stereocenters. The molecule has 1 fully saturated rings. The molecular formula is C16H23NO2. The monoisotopic (exact) mass is 261 g/mol. The predicted octanol–water partition coefficient (Wildman–Crippen LogP) is 3.09. The average molecular weight is 261 g/mol. The zero-order chi connectivity index (χ0) is 14.0. The topological polar surface area (TPSA) is 40.5 Å². The van der Waals surface area contributed by atoms with Crippen LogP contribution in [0.5, 0.6) is 0 Å². The summed E-state index contributed by atoms with van der Waals surface area (Å²) in [6, 6.07) is 6.33. The van der Waals surface area contributed by atoms with E-state index in [1.165, 1.54) is 24.0 Å². The van der Waals surface area contributed by atoms with Crippen LogP contribution < -0.4 is 0 Å². The van der Waals surface area contributed by atoms with Gasteiger partial charge in [0.15, 0.2) is 0 Å². The Morgan fingerprint density at radius 3 is 2.53 bits per heavy atom. The van der Waals surface area contributed by atoms with Gasteiger partial charge in [-0.15, -0.1) is 0 Å². The average Bonchev–Trinajstić information content (AvgIpc) is 2.85. The van der Waals surface area contributed by atoms with Gasteiger partial charge in [0, 0.05) is 0 Å². The molecule has 0 aliphatic carbocycles. The highest BCUT2D eigenvalue weighted by atomic mass is 16.4. The van der Waals surface area contributed by atoms with E-state index in [1.807, 2.05) is 0 Å². The van der Waals surface area contributed by atoms with Gasteiger partial charge >= 0.3 is 5.97 Å². The number of aryl methyl sites for hydroxylation is 2. The second kappa shape index (κ2) is 5.33. The maximum Gasteiger partial charge on any atom is 0.305 e. The lowest BCUT2D eigenvalue weighted by Gasteiger charge is -2.39. The van der Waals surface area contributed by atoms with Crippen molar-refractivity contribution in [2.75, 3.05) is 13.1 Å². The summed E-state index contributed by atoms with van der Waals surface area (Å²) in [5.41, 5.74) is 3.15. The maximum absolute atomic E-state index is 11.3. The summed E-state index contributed by atoms with van der Waals surface area (Å²) in [4.78, 5) is 13.7. The van der Waals surface area contributed by atoms with Gasteiger partial charge in [-0.25, -0.2) is 0 Å². The SMILES string of the molecule is Cc1ccc(C)c(C(C)(CC(=O)O)N2CCCC2)c1. The van der Waals surface area contributed by atoms with Crippen molar-refractivity contribution in [2.24, 2.45) is 0 Å². The van der Waals surface area contributed by atoms with E-state index >= 15 is 0 Å². The van der Waals surface area contributed by atoms with Crippen molar-refractivity contribution in [3.8, 4) is 0 Å². The van der Waals surface area contributed by atoms with Crippen LogP contribution in [-0.4, -0.2) is 29.1 Å². The van der Waals surface area contributed by atoms with Crippen LogP contribution >= 0.6 is 0 Å². The van der Waals surface area contributed by atoms with Gasteiger partial charge in [0.25, 0.3) is 0 Å². The number of aliphatic carboxylic acids is 1. The fourth-order valence-corrected chi connectivity index (χ4v) is 3.20. The highest BCUT2D eigenvalue weighted by molar-refractivity contribution is 5.69. The number of benzene rings is 1. The summed E-state index contributed by atoms with van der Waals surface area (Å²) in [7, 11) is 0. The largest absolute Gasteiger partial charge is 0.481 e. The number of nitrogens with zero attached hydrogens (tertiary/aromatic N) is 1. The highest BCUT2D eigenvalue weighted by Crippen LogP contribution is 2.36. The van der Waals surface area contributed by atoms with Crippen molar-refractivity contribution < 1.29 is 9.90 Å². The normalized spacial score (nSPS) is 19.3. The summed E-state index contributed by atoms with van der Waals surface area (Å²) in [6.07, 6.45) is 2.50. The molecule has 1 aromatic carbocycles. The molecule has 104 valence electrons. The van der Waals surface area contributed by atoms with Gasteiger partial charge in [-0.1, -0.05) is 23.8 Å². The molecule has 3 heteroatoms. The second-order valence-electron chi connectivity index (χ2n) is 5.86. The van der Waals surface area contributed by atoms with E-state index in [4.69, 9.17) is 0 Å². The number of hydrogen-bond donors (Lipinski definition) is 1. The van der Waals surface area contributed by atoms with Gasteiger partial charge < -0.3 is 5.11 Å². The van der Waals surface area contributed by atoms with Crippen molar-refractivity contribution in [1.29, 1.82) is 0 Å². The molecule has 0 radical (unpaired) electrons. The first-order valence-electron chi connectivity index (χ1n) is 6.98. The lowest BCUT2D eigenvalue weighted by molar-refractivity contribution is -0.140. The first kappa shape index (κ1) is 14.1. The van der Waals surface area contributed by atoms with Crippen molar-refractivity contribution >= 4 is 5.97 Å². The summed E-state index contributed by atoms with van der Waals surface area (Å²) < 4.78 is 0. The van der Waals surface area contributed by atoms with E-state index < -0.39 is 11.5 Å². The standard InChI is InChI=1S/C16H23NO2/c1-12-6-7-13(2)14(10-12)16(3,11-15(18)19)17-8-4-5-9-17/h6-7,10H,4-5,8-9,11H2,1-3H3,(H,18,19). The van der Waals surface area contributed by atoms with E-state index in [1.54, 1.807) is 0 Å². The molecule has 0 aromatic heterocycles. The van der Waals surface area contributed by atoms with Gasteiger partial charge in [0.2, 0.25) is 0 Å². The molecular weight excluding hydrogens is 238 g/mol. The Balaban J connectivity index is 2.46. The number of likely N-dealkylation sites (tertiary alicyclic amines) is 1. The third-order valence-electron chi connectivity index (χ3n) is 4.27. The molecule has 1 saturated heterocycles. The van der Waals surface area contributed by atoms with Gasteiger partial charge in [-0.2, -0.15) is 0 Å². The predicted molar refractivity (Wildman–Crippen MR) is 76.3 cm³/mol. The van der Waals surface area contributed by atoms with Crippen LogP contribution in [0.3, 0.4) is 0 Å². The Morgan fingerprint density at radius 2 is 1.95 bits per heavy atom. The lowest BCUT2D eigenvalue weighted by atomic mass is 9.83. The van der Waals surface area contributed by atoms with Gasteiger partial charge in [0.05, 0.1) is 12.0 Å². The Bertz CT molecular complexity index is 478. The van der Waals surface area contributed by atoms with Crippen LogP contribution in [0.2, 0.25) is 0 Å². The fraction of sp³-hybridized carbons (Fsp3) is 0.562. The third kappa shape index (κ3) is 2.81. The molecule has 3 nitrogen and oxygen atoms in total. The molecule has 0 saturated carbocycles. The van der Waals surface area contributed by atoms with E-state index in [9.17, 15) is 9.90 Å². The molecule has 0 bridgehead atoms. The molecule has 1 aliphatic rings. The van der Waals surface area contributed by atoms with Gasteiger partial charge in [0.1, 0.15) is 0 Å². The highest BCUT2D eigenvalue weighted by Gasteiger charge is 2.38. The molecule has 1 atom stereocenters. The van der Waals surface area contributed by atoms with Crippen molar-refractivity contribution in [1.82, 2.24) is 4.90 Å². The molecule has 0 spiro atoms. The molecule has 19 heavy (non-hydrogen) atoms. The summed E-state index contributed by atoms with van der Waals surface area (Å²) in [5, 5.41) is 9.30. The first-order valence-corrected chi connectivity index (χ1v) is 6.98. The number of carboxylic acid groups (broad SMARTS) is 1. The Hall–Kier alpha value is -1.35. The maximum atomic E-state index is 11.3. The smallest absolute Gasteiger partial charge is 0.305 e. The van der Waals surface area contributed by atoms with E-state index in [0.717, 1.165) is 18.7 Å². The molecule has 1 N–H and O–H groups in total. The summed E-state index contributed by atoms with van der Waals surface area (Å²) in [5.74, 6) is -0.727. The fourth-order valence-electron chi connectivity index (χ4n) is 3.20. The van der Waals surface area contributed by atoms with Crippen LogP contribution in [0.4, 0.5) is 0 Å². The van der Waals surface area contributed by atoms with Crippen LogP contribution in [0.15, 0.2) is 18.2 Å². The van der Waals surface area contributed by atoms with Gasteiger partial charge in [-0.05, 0) is 57.8 Å². The van der Waals surface area contributed by atoms with Crippen LogP contribution in [-0.2, 0) is 10.3 Å². The molecule has 2 rings (SSSR count). The second-order valence-corrected chi connectivity index (χ2v) is 5.86. The van der Waals surface area contributed by atoms with Crippen molar-refractivity contribution in [3.05, 3.63) is 34.9 Å². The number of hydrogen-bond acceptors (Lipinski definition) is 2. The van der Waals surface area contributed by atoms with Crippen LogP contribution in [0, 0.1) is 13.8 Å². The quantitative estimate of drug-likeness (QED) is 0.905. The minimum absolute atomic E-state index is 0.164. The zero-order valence-electron chi connectivity index (χ0n) is 12.1. The minimum atomic E-state index is -0.727.